The molecular weight excluding hydrogens is 488 g/mol. The highest BCUT2D eigenvalue weighted by Gasteiger charge is 2.36. The number of thiophene rings is 1. The SMILES string of the molecule is CC[C@H](C(=O)N(CC(=O)N1CCc2sccc2[C@@H]1c1ccc(C(C)(C)C)cc1)[C@H](C)CC)c1ccccc1. The third kappa shape index (κ3) is 5.88. The number of nitrogens with zero attached hydrogens (tertiary/aromatic N) is 2. The number of amides is 2. The van der Waals surface area contributed by atoms with Crippen molar-refractivity contribution in [1.82, 2.24) is 9.80 Å². The molecule has 5 heteroatoms. The van der Waals surface area contributed by atoms with Gasteiger partial charge in [0.25, 0.3) is 0 Å². The maximum Gasteiger partial charge on any atom is 0.243 e. The van der Waals surface area contributed by atoms with E-state index in [9.17, 15) is 9.59 Å². The summed E-state index contributed by atoms with van der Waals surface area (Å²) in [5, 5.41) is 2.13. The summed E-state index contributed by atoms with van der Waals surface area (Å²) in [6, 6.07) is 20.7. The lowest BCUT2D eigenvalue weighted by Gasteiger charge is -2.39. The maximum absolute atomic E-state index is 14.1. The quantitative estimate of drug-likeness (QED) is 0.306. The first-order valence-corrected chi connectivity index (χ1v) is 14.8. The maximum atomic E-state index is 14.1. The van der Waals surface area contributed by atoms with E-state index in [-0.39, 0.29) is 41.8 Å². The van der Waals surface area contributed by atoms with Gasteiger partial charge < -0.3 is 9.80 Å². The molecule has 2 heterocycles. The molecule has 3 aromatic rings. The summed E-state index contributed by atoms with van der Waals surface area (Å²) < 4.78 is 0. The molecule has 0 spiro atoms. The fourth-order valence-electron chi connectivity index (χ4n) is 5.46. The molecule has 4 nitrogen and oxygen atoms in total. The molecule has 202 valence electrons. The smallest absolute Gasteiger partial charge is 0.243 e. The second-order valence-corrected chi connectivity index (χ2v) is 12.5. The van der Waals surface area contributed by atoms with Crippen molar-refractivity contribution in [3.63, 3.8) is 0 Å². The largest absolute Gasteiger partial charge is 0.330 e. The molecule has 0 saturated carbocycles. The minimum Gasteiger partial charge on any atom is -0.330 e. The number of benzene rings is 2. The topological polar surface area (TPSA) is 40.6 Å². The van der Waals surface area contributed by atoms with Crippen LogP contribution in [0, 0.1) is 0 Å². The van der Waals surface area contributed by atoms with Gasteiger partial charge in [-0.3, -0.25) is 9.59 Å². The number of carbonyl (C=O) groups excluding carboxylic acids is 2. The van der Waals surface area contributed by atoms with Gasteiger partial charge in [0.15, 0.2) is 0 Å². The van der Waals surface area contributed by atoms with Crippen LogP contribution in [0.15, 0.2) is 66.0 Å². The predicted molar refractivity (Wildman–Crippen MR) is 158 cm³/mol. The number of hydrogen-bond acceptors (Lipinski definition) is 3. The molecule has 3 atom stereocenters. The molecule has 0 N–H and O–H groups in total. The molecule has 0 saturated heterocycles. The van der Waals surface area contributed by atoms with Crippen molar-refractivity contribution in [1.29, 1.82) is 0 Å². The lowest BCUT2D eigenvalue weighted by molar-refractivity contribution is -0.144. The van der Waals surface area contributed by atoms with Crippen molar-refractivity contribution >= 4 is 23.2 Å². The van der Waals surface area contributed by atoms with Crippen LogP contribution in [0.5, 0.6) is 0 Å². The molecule has 1 aliphatic rings. The molecule has 0 bridgehead atoms. The average Bonchev–Trinajstić information content (AvgIpc) is 3.40. The number of hydrogen-bond donors (Lipinski definition) is 0. The molecule has 0 unspecified atom stereocenters. The molecule has 2 aromatic carbocycles. The van der Waals surface area contributed by atoms with Gasteiger partial charge in [-0.15, -0.1) is 11.3 Å². The Morgan fingerprint density at radius 1 is 1.00 bits per heavy atom. The van der Waals surface area contributed by atoms with Gasteiger partial charge in [0.05, 0.1) is 12.0 Å². The number of carbonyl (C=O) groups is 2. The van der Waals surface area contributed by atoms with E-state index in [2.05, 4.69) is 70.3 Å². The Kier molecular flexibility index (Phi) is 8.77. The van der Waals surface area contributed by atoms with Gasteiger partial charge in [-0.25, -0.2) is 0 Å². The van der Waals surface area contributed by atoms with E-state index in [1.54, 1.807) is 11.3 Å². The molecule has 4 rings (SSSR count). The highest BCUT2D eigenvalue weighted by molar-refractivity contribution is 7.10. The fraction of sp³-hybridized carbons (Fsp3) is 0.455. The van der Waals surface area contributed by atoms with Crippen LogP contribution >= 0.6 is 11.3 Å². The Bertz CT molecular complexity index is 1230. The molecular formula is C33H42N2O2S. The van der Waals surface area contributed by atoms with Crippen LogP contribution < -0.4 is 0 Å². The lowest BCUT2D eigenvalue weighted by atomic mass is 9.85. The Morgan fingerprint density at radius 2 is 1.68 bits per heavy atom. The van der Waals surface area contributed by atoms with Gasteiger partial charge in [-0.1, -0.05) is 89.2 Å². The van der Waals surface area contributed by atoms with E-state index in [0.717, 1.165) is 24.0 Å². The Balaban J connectivity index is 1.64. The zero-order valence-electron chi connectivity index (χ0n) is 23.7. The summed E-state index contributed by atoms with van der Waals surface area (Å²) in [6.45, 7) is 13.6. The van der Waals surface area contributed by atoms with E-state index in [4.69, 9.17) is 0 Å². The predicted octanol–water partition coefficient (Wildman–Crippen LogP) is 7.34. The van der Waals surface area contributed by atoms with Crippen LogP contribution in [0.25, 0.3) is 0 Å². The van der Waals surface area contributed by atoms with Crippen molar-refractivity contribution in [3.8, 4) is 0 Å². The van der Waals surface area contributed by atoms with E-state index in [0.29, 0.717) is 13.0 Å². The van der Waals surface area contributed by atoms with Crippen molar-refractivity contribution in [2.24, 2.45) is 0 Å². The summed E-state index contributed by atoms with van der Waals surface area (Å²) in [4.78, 5) is 33.1. The summed E-state index contributed by atoms with van der Waals surface area (Å²) in [7, 11) is 0. The van der Waals surface area contributed by atoms with Crippen LogP contribution in [0.4, 0.5) is 0 Å². The van der Waals surface area contributed by atoms with Crippen molar-refractivity contribution < 1.29 is 9.59 Å². The fourth-order valence-corrected chi connectivity index (χ4v) is 6.36. The number of rotatable bonds is 8. The van der Waals surface area contributed by atoms with Crippen molar-refractivity contribution in [2.75, 3.05) is 13.1 Å². The normalized spacial score (nSPS) is 17.0. The Morgan fingerprint density at radius 3 is 2.29 bits per heavy atom. The van der Waals surface area contributed by atoms with Crippen molar-refractivity contribution in [3.05, 3.63) is 93.2 Å². The van der Waals surface area contributed by atoms with Crippen LogP contribution in [0.3, 0.4) is 0 Å². The zero-order chi connectivity index (χ0) is 27.4. The molecule has 0 radical (unpaired) electrons. The average molecular weight is 531 g/mol. The summed E-state index contributed by atoms with van der Waals surface area (Å²) in [5.74, 6) is -0.187. The van der Waals surface area contributed by atoms with Crippen LogP contribution in [0.1, 0.15) is 93.5 Å². The van der Waals surface area contributed by atoms with E-state index < -0.39 is 0 Å². The third-order valence-corrected chi connectivity index (χ3v) is 9.00. The molecule has 0 aliphatic carbocycles. The van der Waals surface area contributed by atoms with E-state index >= 15 is 0 Å². The first-order valence-electron chi connectivity index (χ1n) is 14.0. The van der Waals surface area contributed by atoms with Crippen LogP contribution in [-0.4, -0.2) is 40.7 Å². The second kappa shape index (κ2) is 11.9. The second-order valence-electron chi connectivity index (χ2n) is 11.5. The van der Waals surface area contributed by atoms with Gasteiger partial charge in [0, 0.05) is 17.5 Å². The van der Waals surface area contributed by atoms with Crippen molar-refractivity contribution in [2.45, 2.75) is 84.2 Å². The molecule has 1 aromatic heterocycles. The molecule has 38 heavy (non-hydrogen) atoms. The number of fused-ring (bicyclic) bond motifs is 1. The zero-order valence-corrected chi connectivity index (χ0v) is 24.6. The summed E-state index contributed by atoms with van der Waals surface area (Å²) in [6.07, 6.45) is 2.36. The first kappa shape index (κ1) is 28.1. The highest BCUT2D eigenvalue weighted by Crippen LogP contribution is 2.39. The van der Waals surface area contributed by atoms with E-state index in [1.165, 1.54) is 16.0 Å². The van der Waals surface area contributed by atoms with Gasteiger partial charge >= 0.3 is 0 Å². The minimum atomic E-state index is -0.247. The Hall–Kier alpha value is -2.92. The molecule has 0 fully saturated rings. The minimum absolute atomic E-state index is 0.0170. The van der Waals surface area contributed by atoms with Gasteiger partial charge in [0.1, 0.15) is 6.54 Å². The van der Waals surface area contributed by atoms with Gasteiger partial charge in [-0.05, 0) is 65.3 Å². The van der Waals surface area contributed by atoms with Gasteiger partial charge in [-0.2, -0.15) is 0 Å². The van der Waals surface area contributed by atoms with Crippen LogP contribution in [0.2, 0.25) is 0 Å². The van der Waals surface area contributed by atoms with Gasteiger partial charge in [0.2, 0.25) is 11.8 Å². The highest BCUT2D eigenvalue weighted by atomic mass is 32.1. The first-order chi connectivity index (χ1) is 18.2. The summed E-state index contributed by atoms with van der Waals surface area (Å²) in [5.41, 5.74) is 4.71. The molecule has 1 aliphatic heterocycles. The Labute approximate surface area is 232 Å². The molecule has 2 amide bonds. The summed E-state index contributed by atoms with van der Waals surface area (Å²) >= 11 is 1.77. The standard InChI is InChI=1S/C33H42N2O2S/c1-7-23(3)35(32(37)27(8-2)24-12-10-9-11-13-24)22-30(36)34-20-18-29-28(19-21-38-29)31(34)25-14-16-26(17-15-25)33(4,5)6/h9-17,19,21,23,27,31H,7-8,18,20,22H2,1-6H3/t23-,27+,31+/m1/s1. The monoisotopic (exact) mass is 530 g/mol. The third-order valence-electron chi connectivity index (χ3n) is 8.00. The lowest BCUT2D eigenvalue weighted by Crippen LogP contribution is -2.50. The van der Waals surface area contributed by atoms with Crippen LogP contribution in [-0.2, 0) is 21.4 Å². The van der Waals surface area contributed by atoms with E-state index in [1.807, 2.05) is 47.1 Å².